The second-order valence-corrected chi connectivity index (χ2v) is 7.97. The first-order valence-corrected chi connectivity index (χ1v) is 9.43. The van der Waals surface area contributed by atoms with Gasteiger partial charge in [-0.05, 0) is 55.2 Å². The third kappa shape index (κ3) is 6.74. The highest BCUT2D eigenvalue weighted by molar-refractivity contribution is 5.76. The van der Waals surface area contributed by atoms with Crippen molar-refractivity contribution in [2.24, 2.45) is 11.7 Å². The van der Waals surface area contributed by atoms with Crippen LogP contribution in [-0.4, -0.2) is 17.1 Å². The Morgan fingerprint density at radius 2 is 1.35 bits per heavy atom. The molecule has 0 heterocycles. The average Bonchev–Trinajstić information content (AvgIpc) is 2.61. The molecule has 140 valence electrons. The van der Waals surface area contributed by atoms with E-state index in [9.17, 15) is 4.79 Å². The molecule has 0 amide bonds. The molecule has 0 bridgehead atoms. The monoisotopic (exact) mass is 353 g/mol. The van der Waals surface area contributed by atoms with Crippen LogP contribution >= 0.6 is 0 Å². The molecular weight excluding hydrogens is 322 g/mol. The molecule has 0 unspecified atom stereocenters. The van der Waals surface area contributed by atoms with Gasteiger partial charge in [-0.2, -0.15) is 0 Å². The molecule has 0 aliphatic heterocycles. The third-order valence-corrected chi connectivity index (χ3v) is 4.78. The van der Waals surface area contributed by atoms with E-state index in [1.54, 1.807) is 0 Å². The lowest BCUT2D eigenvalue weighted by Gasteiger charge is -2.26. The summed E-state index contributed by atoms with van der Waals surface area (Å²) in [5.41, 5.74) is 8.51. The Bertz CT molecular complexity index is 670. The molecule has 2 aromatic carbocycles. The molecule has 1 aliphatic carbocycles. The molecule has 3 heteroatoms. The minimum Gasteiger partial charge on any atom is -0.377 e. The number of nitrogens with two attached hydrogens (primary N) is 1. The summed E-state index contributed by atoms with van der Waals surface area (Å²) in [4.78, 5) is 10.7. The predicted octanol–water partition coefficient (Wildman–Crippen LogP) is 5.13. The van der Waals surface area contributed by atoms with E-state index in [1.807, 2.05) is 24.3 Å². The maximum atomic E-state index is 10.7. The molecular formula is C23H31NO2. The Balaban J connectivity index is 0.000000431. The van der Waals surface area contributed by atoms with Crippen LogP contribution in [0.1, 0.15) is 68.3 Å². The number of aliphatic hydroxyl groups is 1. The number of hydrogen-bond donors (Lipinski definition) is 2. The molecule has 0 spiro atoms. The van der Waals surface area contributed by atoms with Crippen LogP contribution in [0.25, 0.3) is 11.1 Å². The first-order valence-electron chi connectivity index (χ1n) is 9.43. The van der Waals surface area contributed by atoms with Gasteiger partial charge in [0.1, 0.15) is 12.0 Å². The molecule has 0 radical (unpaired) electrons. The Morgan fingerprint density at radius 1 is 0.923 bits per heavy atom. The van der Waals surface area contributed by atoms with Crippen LogP contribution in [-0.2, 0) is 0 Å². The second kappa shape index (κ2) is 9.11. The lowest BCUT2D eigenvalue weighted by Crippen LogP contribution is -2.30. The number of aldehydes is 1. The van der Waals surface area contributed by atoms with E-state index in [2.05, 4.69) is 31.2 Å². The summed E-state index contributed by atoms with van der Waals surface area (Å²) < 4.78 is 0. The van der Waals surface area contributed by atoms with E-state index in [-0.39, 0.29) is 0 Å². The van der Waals surface area contributed by atoms with E-state index >= 15 is 0 Å². The fourth-order valence-corrected chi connectivity index (χ4v) is 3.30. The highest BCUT2D eigenvalue weighted by Gasteiger charge is 2.19. The van der Waals surface area contributed by atoms with Crippen LogP contribution < -0.4 is 5.73 Å². The van der Waals surface area contributed by atoms with Crippen LogP contribution in [0.2, 0.25) is 0 Å². The zero-order chi connectivity index (χ0) is 19.2. The molecule has 0 aromatic heterocycles. The number of carbonyl (C=O) groups excluding carboxylic acids is 1. The van der Waals surface area contributed by atoms with E-state index in [0.717, 1.165) is 23.7 Å². The van der Waals surface area contributed by atoms with Crippen molar-refractivity contribution in [1.82, 2.24) is 0 Å². The van der Waals surface area contributed by atoms with Crippen molar-refractivity contribution in [2.45, 2.75) is 58.1 Å². The fraction of sp³-hybridized carbons (Fsp3) is 0.435. The summed E-state index contributed by atoms with van der Waals surface area (Å²) in [5.74, 6) is 1.64. The van der Waals surface area contributed by atoms with E-state index in [0.29, 0.717) is 0 Å². The van der Waals surface area contributed by atoms with Gasteiger partial charge in [0.2, 0.25) is 0 Å². The Labute approximate surface area is 157 Å². The predicted molar refractivity (Wildman–Crippen MR) is 108 cm³/mol. The van der Waals surface area contributed by atoms with Crippen molar-refractivity contribution >= 4 is 6.29 Å². The van der Waals surface area contributed by atoms with Crippen molar-refractivity contribution < 1.29 is 9.90 Å². The van der Waals surface area contributed by atoms with Gasteiger partial charge in [0.25, 0.3) is 0 Å². The SMILES string of the molecule is CC(C)(N)O.CC1CCC(c2ccc(-c3ccc(C=O)cc3)cc2)CC1. The standard InChI is InChI=1S/C20H22O.C3H9NO/c1-15-2-6-17(7-3-15)19-10-12-20(13-11-19)18-8-4-16(14-21)5-9-18;1-3(2,4)5/h4-5,8-15,17H,2-3,6-7H2,1H3;5H,4H2,1-2H3. The minimum atomic E-state index is -1.00. The first kappa shape index (κ1) is 20.3. The summed E-state index contributed by atoms with van der Waals surface area (Å²) in [6.07, 6.45) is 6.26. The number of rotatable bonds is 3. The second-order valence-electron chi connectivity index (χ2n) is 7.97. The van der Waals surface area contributed by atoms with Crippen molar-refractivity contribution in [3.05, 3.63) is 59.7 Å². The van der Waals surface area contributed by atoms with Crippen molar-refractivity contribution in [3.63, 3.8) is 0 Å². The normalized spacial score (nSPS) is 20.0. The molecule has 3 N–H and O–H groups in total. The largest absolute Gasteiger partial charge is 0.377 e. The van der Waals surface area contributed by atoms with E-state index in [1.165, 1.54) is 56.2 Å². The molecule has 1 aliphatic rings. The van der Waals surface area contributed by atoms with Gasteiger partial charge in [-0.25, -0.2) is 0 Å². The van der Waals surface area contributed by atoms with Crippen molar-refractivity contribution in [2.75, 3.05) is 0 Å². The number of benzene rings is 2. The van der Waals surface area contributed by atoms with Crippen LogP contribution in [0, 0.1) is 5.92 Å². The number of carbonyl (C=O) groups is 1. The van der Waals surface area contributed by atoms with Gasteiger partial charge < -0.3 is 10.8 Å². The van der Waals surface area contributed by atoms with Gasteiger partial charge >= 0.3 is 0 Å². The van der Waals surface area contributed by atoms with Crippen molar-refractivity contribution in [3.8, 4) is 11.1 Å². The molecule has 2 aromatic rings. The maximum Gasteiger partial charge on any atom is 0.150 e. The van der Waals surface area contributed by atoms with E-state index in [4.69, 9.17) is 10.8 Å². The van der Waals surface area contributed by atoms with Gasteiger partial charge in [0.15, 0.2) is 0 Å². The summed E-state index contributed by atoms with van der Waals surface area (Å²) in [6.45, 7) is 5.41. The third-order valence-electron chi connectivity index (χ3n) is 4.78. The molecule has 1 saturated carbocycles. The lowest BCUT2D eigenvalue weighted by molar-refractivity contribution is 0.0881. The van der Waals surface area contributed by atoms with Gasteiger partial charge in [-0.1, -0.05) is 68.3 Å². The highest BCUT2D eigenvalue weighted by atomic mass is 16.3. The summed E-state index contributed by atoms with van der Waals surface area (Å²) >= 11 is 0. The molecule has 3 rings (SSSR count). The smallest absolute Gasteiger partial charge is 0.150 e. The zero-order valence-electron chi connectivity index (χ0n) is 16.1. The maximum absolute atomic E-state index is 10.7. The van der Waals surface area contributed by atoms with Crippen LogP contribution in [0.4, 0.5) is 0 Å². The quantitative estimate of drug-likeness (QED) is 0.594. The molecule has 3 nitrogen and oxygen atoms in total. The zero-order valence-corrected chi connectivity index (χ0v) is 16.1. The van der Waals surface area contributed by atoms with Gasteiger partial charge in [0, 0.05) is 5.56 Å². The Kier molecular flexibility index (Phi) is 7.13. The van der Waals surface area contributed by atoms with Crippen LogP contribution in [0.3, 0.4) is 0 Å². The van der Waals surface area contributed by atoms with Crippen LogP contribution in [0.15, 0.2) is 48.5 Å². The summed E-state index contributed by atoms with van der Waals surface area (Å²) in [7, 11) is 0. The van der Waals surface area contributed by atoms with Crippen molar-refractivity contribution in [1.29, 1.82) is 0 Å². The average molecular weight is 354 g/mol. The van der Waals surface area contributed by atoms with Gasteiger partial charge in [0.05, 0.1) is 0 Å². The summed E-state index contributed by atoms with van der Waals surface area (Å²) in [5, 5.41) is 8.30. The summed E-state index contributed by atoms with van der Waals surface area (Å²) in [6, 6.07) is 16.8. The minimum absolute atomic E-state index is 0.728. The molecule has 0 saturated heterocycles. The lowest BCUT2D eigenvalue weighted by atomic mass is 9.79. The molecule has 26 heavy (non-hydrogen) atoms. The van der Waals surface area contributed by atoms with Crippen LogP contribution in [0.5, 0.6) is 0 Å². The molecule has 0 atom stereocenters. The van der Waals surface area contributed by atoms with Gasteiger partial charge in [-0.3, -0.25) is 4.79 Å². The number of hydrogen-bond acceptors (Lipinski definition) is 3. The Morgan fingerprint density at radius 3 is 1.77 bits per heavy atom. The fourth-order valence-electron chi connectivity index (χ4n) is 3.30. The molecule has 1 fully saturated rings. The first-order chi connectivity index (χ1) is 12.3. The van der Waals surface area contributed by atoms with Gasteiger partial charge in [-0.15, -0.1) is 0 Å². The highest BCUT2D eigenvalue weighted by Crippen LogP contribution is 2.36. The topological polar surface area (TPSA) is 63.3 Å². The van der Waals surface area contributed by atoms with E-state index < -0.39 is 5.72 Å². The Hall–Kier alpha value is -1.97.